The number of ether oxygens (including phenoxy) is 2. The lowest BCUT2D eigenvalue weighted by Crippen LogP contribution is -2.46. The largest absolute Gasteiger partial charge is 0.489 e. The third-order valence-electron chi connectivity index (χ3n) is 3.91. The van der Waals surface area contributed by atoms with Gasteiger partial charge in [0, 0.05) is 18.7 Å². The molecule has 1 saturated heterocycles. The molecule has 1 unspecified atom stereocenters. The smallest absolute Gasteiger partial charge is 0.306 e. The summed E-state index contributed by atoms with van der Waals surface area (Å²) < 4.78 is 16.4. The van der Waals surface area contributed by atoms with Crippen molar-refractivity contribution in [2.45, 2.75) is 19.1 Å². The van der Waals surface area contributed by atoms with Gasteiger partial charge in [-0.3, -0.25) is 9.59 Å². The minimum absolute atomic E-state index is 0.133. The number of carboxylic acid groups (broad SMARTS) is 1. The number of nitrogens with zero attached hydrogens (tertiary/aromatic N) is 1. The maximum Gasteiger partial charge on any atom is 0.306 e. The van der Waals surface area contributed by atoms with Gasteiger partial charge >= 0.3 is 5.97 Å². The Labute approximate surface area is 144 Å². The molecule has 0 bridgehead atoms. The number of furan rings is 1. The van der Waals surface area contributed by atoms with E-state index in [2.05, 4.69) is 0 Å². The Bertz CT molecular complexity index is 726. The van der Waals surface area contributed by atoms with E-state index in [1.807, 2.05) is 30.3 Å². The highest BCUT2D eigenvalue weighted by atomic mass is 16.5. The average Bonchev–Trinajstić information content (AvgIpc) is 3.08. The molecule has 0 aliphatic carbocycles. The van der Waals surface area contributed by atoms with E-state index in [0.29, 0.717) is 24.5 Å². The minimum atomic E-state index is -0.950. The van der Waals surface area contributed by atoms with Crippen LogP contribution in [0.4, 0.5) is 0 Å². The van der Waals surface area contributed by atoms with Crippen LogP contribution in [0.1, 0.15) is 22.5 Å². The van der Waals surface area contributed by atoms with Gasteiger partial charge in [0.05, 0.1) is 25.4 Å². The van der Waals surface area contributed by atoms with E-state index in [4.69, 9.17) is 19.0 Å². The molecule has 1 aliphatic heterocycles. The van der Waals surface area contributed by atoms with Gasteiger partial charge in [0.15, 0.2) is 5.76 Å². The topological polar surface area (TPSA) is 89.2 Å². The molecule has 132 valence electrons. The first-order valence-corrected chi connectivity index (χ1v) is 8.00. The lowest BCUT2D eigenvalue weighted by molar-refractivity contribution is -0.141. The molecule has 1 aromatic carbocycles. The van der Waals surface area contributed by atoms with Crippen molar-refractivity contribution in [3.05, 3.63) is 54.0 Å². The molecule has 0 saturated carbocycles. The summed E-state index contributed by atoms with van der Waals surface area (Å²) in [6, 6.07) is 11.0. The van der Waals surface area contributed by atoms with Gasteiger partial charge in [0.1, 0.15) is 12.4 Å². The molecule has 2 aromatic rings. The Morgan fingerprint density at radius 1 is 1.24 bits per heavy atom. The monoisotopic (exact) mass is 345 g/mol. The number of para-hydroxylation sites is 1. The molecule has 0 radical (unpaired) electrons. The van der Waals surface area contributed by atoms with Crippen LogP contribution in [0.3, 0.4) is 0 Å². The van der Waals surface area contributed by atoms with Crippen molar-refractivity contribution in [1.82, 2.24) is 4.90 Å². The van der Waals surface area contributed by atoms with Crippen LogP contribution >= 0.6 is 0 Å². The summed E-state index contributed by atoms with van der Waals surface area (Å²) >= 11 is 0. The second kappa shape index (κ2) is 7.85. The number of carbonyl (C=O) groups excluding carboxylic acids is 1. The predicted octanol–water partition coefficient (Wildman–Crippen LogP) is 2.17. The number of morpholine rings is 1. The summed E-state index contributed by atoms with van der Waals surface area (Å²) in [6.45, 7) is 1.14. The number of benzene rings is 1. The van der Waals surface area contributed by atoms with Gasteiger partial charge in [-0.2, -0.15) is 0 Å². The zero-order valence-electron chi connectivity index (χ0n) is 13.6. The SMILES string of the molecule is O=C(O)CC1CN(C(=O)c2occc2COc2ccccc2)CCO1. The van der Waals surface area contributed by atoms with E-state index in [-0.39, 0.29) is 31.2 Å². The number of hydrogen-bond acceptors (Lipinski definition) is 5. The normalized spacial score (nSPS) is 17.3. The zero-order chi connectivity index (χ0) is 17.6. The highest BCUT2D eigenvalue weighted by Gasteiger charge is 2.29. The Balaban J connectivity index is 1.64. The Hall–Kier alpha value is -2.80. The molecular weight excluding hydrogens is 326 g/mol. The van der Waals surface area contributed by atoms with Crippen molar-refractivity contribution in [1.29, 1.82) is 0 Å². The predicted molar refractivity (Wildman–Crippen MR) is 87.4 cm³/mol. The van der Waals surface area contributed by atoms with Crippen LogP contribution in [0.25, 0.3) is 0 Å². The van der Waals surface area contributed by atoms with Crippen molar-refractivity contribution >= 4 is 11.9 Å². The molecule has 7 heteroatoms. The van der Waals surface area contributed by atoms with Crippen LogP contribution in [0, 0.1) is 0 Å². The summed E-state index contributed by atoms with van der Waals surface area (Å²) in [4.78, 5) is 25.1. The molecule has 25 heavy (non-hydrogen) atoms. The molecule has 1 atom stereocenters. The number of carbonyl (C=O) groups is 2. The van der Waals surface area contributed by atoms with Crippen LogP contribution in [-0.4, -0.2) is 47.7 Å². The fourth-order valence-electron chi connectivity index (χ4n) is 2.68. The maximum absolute atomic E-state index is 12.7. The first-order valence-electron chi connectivity index (χ1n) is 8.00. The first kappa shape index (κ1) is 17.0. The standard InChI is InChI=1S/C18H19NO6/c20-16(21)10-15-11-19(7-9-23-15)18(22)17-13(6-8-24-17)12-25-14-4-2-1-3-5-14/h1-6,8,15H,7,9-12H2,(H,20,21). The summed E-state index contributed by atoms with van der Waals surface area (Å²) in [5.74, 6) is -0.313. The molecule has 3 rings (SSSR count). The third-order valence-corrected chi connectivity index (χ3v) is 3.91. The summed E-state index contributed by atoms with van der Waals surface area (Å²) in [7, 11) is 0. The Morgan fingerprint density at radius 3 is 2.80 bits per heavy atom. The number of rotatable bonds is 6. The highest BCUT2D eigenvalue weighted by molar-refractivity contribution is 5.93. The van der Waals surface area contributed by atoms with Gasteiger partial charge in [0.25, 0.3) is 5.91 Å². The van der Waals surface area contributed by atoms with Crippen LogP contribution < -0.4 is 4.74 Å². The van der Waals surface area contributed by atoms with Crippen LogP contribution in [0.5, 0.6) is 5.75 Å². The van der Waals surface area contributed by atoms with Crippen molar-refractivity contribution in [3.63, 3.8) is 0 Å². The molecule has 7 nitrogen and oxygen atoms in total. The van der Waals surface area contributed by atoms with E-state index in [1.54, 1.807) is 11.0 Å². The molecule has 1 aromatic heterocycles. The quantitative estimate of drug-likeness (QED) is 0.863. The Morgan fingerprint density at radius 2 is 2.04 bits per heavy atom. The minimum Gasteiger partial charge on any atom is -0.489 e. The highest BCUT2D eigenvalue weighted by Crippen LogP contribution is 2.19. The summed E-state index contributed by atoms with van der Waals surface area (Å²) in [5.41, 5.74) is 0.648. The van der Waals surface area contributed by atoms with E-state index in [9.17, 15) is 9.59 Å². The second-order valence-electron chi connectivity index (χ2n) is 5.72. The Kier molecular flexibility index (Phi) is 5.35. The maximum atomic E-state index is 12.7. The average molecular weight is 345 g/mol. The van der Waals surface area contributed by atoms with E-state index in [0.717, 1.165) is 0 Å². The van der Waals surface area contributed by atoms with E-state index >= 15 is 0 Å². The van der Waals surface area contributed by atoms with Crippen molar-refractivity contribution in [2.24, 2.45) is 0 Å². The molecule has 1 N–H and O–H groups in total. The van der Waals surface area contributed by atoms with Gasteiger partial charge in [-0.05, 0) is 18.2 Å². The second-order valence-corrected chi connectivity index (χ2v) is 5.72. The zero-order valence-corrected chi connectivity index (χ0v) is 13.6. The van der Waals surface area contributed by atoms with Crippen LogP contribution in [-0.2, 0) is 16.1 Å². The van der Waals surface area contributed by atoms with Gasteiger partial charge in [0.2, 0.25) is 0 Å². The molecule has 2 heterocycles. The van der Waals surface area contributed by atoms with E-state index in [1.165, 1.54) is 6.26 Å². The van der Waals surface area contributed by atoms with Gasteiger partial charge in [-0.15, -0.1) is 0 Å². The summed E-state index contributed by atoms with van der Waals surface area (Å²) in [6.07, 6.45) is 0.812. The fraction of sp³-hybridized carbons (Fsp3) is 0.333. The van der Waals surface area contributed by atoms with Crippen molar-refractivity contribution in [3.8, 4) is 5.75 Å². The molecule has 1 aliphatic rings. The molecule has 0 spiro atoms. The molecule has 1 fully saturated rings. The van der Waals surface area contributed by atoms with Gasteiger partial charge in [-0.1, -0.05) is 18.2 Å². The number of aliphatic carboxylic acids is 1. The molecular formula is C18H19NO6. The lowest BCUT2D eigenvalue weighted by Gasteiger charge is -2.31. The third kappa shape index (κ3) is 4.39. The number of hydrogen-bond donors (Lipinski definition) is 1. The van der Waals surface area contributed by atoms with Gasteiger partial charge < -0.3 is 23.9 Å². The number of amides is 1. The number of carboxylic acids is 1. The van der Waals surface area contributed by atoms with Crippen LogP contribution in [0.15, 0.2) is 47.1 Å². The fourth-order valence-corrected chi connectivity index (χ4v) is 2.68. The van der Waals surface area contributed by atoms with Crippen molar-refractivity contribution in [2.75, 3.05) is 19.7 Å². The first-order chi connectivity index (χ1) is 12.1. The summed E-state index contributed by atoms with van der Waals surface area (Å²) in [5, 5.41) is 8.88. The lowest BCUT2D eigenvalue weighted by atomic mass is 10.2. The van der Waals surface area contributed by atoms with Crippen LogP contribution in [0.2, 0.25) is 0 Å². The van der Waals surface area contributed by atoms with E-state index < -0.39 is 12.1 Å². The van der Waals surface area contributed by atoms with Gasteiger partial charge in [-0.25, -0.2) is 0 Å². The van der Waals surface area contributed by atoms with Crippen molar-refractivity contribution < 1.29 is 28.6 Å². The molecule has 1 amide bonds.